The molecule has 4 heterocycles. The molecular formula is C31H30N8O2S. The molecule has 1 saturated heterocycles. The Morgan fingerprint density at radius 1 is 1.10 bits per heavy atom. The highest BCUT2D eigenvalue weighted by Crippen LogP contribution is 2.36. The number of aromatic nitrogens is 5. The summed E-state index contributed by atoms with van der Waals surface area (Å²) in [4.78, 5) is 24.4. The van der Waals surface area contributed by atoms with E-state index in [1.165, 1.54) is 16.9 Å². The van der Waals surface area contributed by atoms with Crippen LogP contribution in [0.1, 0.15) is 51.1 Å². The summed E-state index contributed by atoms with van der Waals surface area (Å²) in [6.07, 6.45) is 3.22. The van der Waals surface area contributed by atoms with Crippen LogP contribution in [0.2, 0.25) is 0 Å². The number of amides is 1. The van der Waals surface area contributed by atoms with Crippen LogP contribution in [0, 0.1) is 32.1 Å². The van der Waals surface area contributed by atoms with Gasteiger partial charge in [0, 0.05) is 19.1 Å². The molecule has 1 amide bonds. The maximum Gasteiger partial charge on any atom is 0.276 e. The molecule has 0 bridgehead atoms. The van der Waals surface area contributed by atoms with Gasteiger partial charge in [-0.15, -0.1) is 16.4 Å². The average Bonchev–Trinajstić information content (AvgIpc) is 3.66. The molecule has 1 N–H and O–H groups in total. The van der Waals surface area contributed by atoms with Crippen LogP contribution in [0.3, 0.4) is 0 Å². The Balaban J connectivity index is 1.11. The summed E-state index contributed by atoms with van der Waals surface area (Å²) in [5, 5.41) is 23.1. The molecule has 0 saturated carbocycles. The zero-order chi connectivity index (χ0) is 29.2. The number of nitrogens with zero attached hydrogens (tertiary/aromatic N) is 7. The lowest BCUT2D eigenvalue weighted by Crippen LogP contribution is -2.42. The number of thiophene rings is 1. The van der Waals surface area contributed by atoms with E-state index >= 15 is 0 Å². The Labute approximate surface area is 247 Å². The van der Waals surface area contributed by atoms with Crippen molar-refractivity contribution in [3.63, 3.8) is 0 Å². The lowest BCUT2D eigenvalue weighted by Gasteiger charge is -2.32. The number of benzene rings is 2. The molecule has 0 unspecified atom stereocenters. The molecule has 0 spiro atoms. The first kappa shape index (κ1) is 27.4. The van der Waals surface area contributed by atoms with Gasteiger partial charge in [0.05, 0.1) is 29.9 Å². The summed E-state index contributed by atoms with van der Waals surface area (Å²) in [7, 11) is 0. The summed E-state index contributed by atoms with van der Waals surface area (Å²) in [6, 6.07) is 16.0. The van der Waals surface area contributed by atoms with Crippen molar-refractivity contribution < 1.29 is 9.53 Å². The quantitative estimate of drug-likeness (QED) is 0.263. The number of nitriles is 1. The number of nitrogens with one attached hydrogen (secondary N) is 1. The second kappa shape index (κ2) is 11.6. The van der Waals surface area contributed by atoms with E-state index in [0.29, 0.717) is 48.5 Å². The van der Waals surface area contributed by atoms with Gasteiger partial charge in [-0.3, -0.25) is 4.79 Å². The van der Waals surface area contributed by atoms with E-state index in [1.54, 1.807) is 10.9 Å². The molecule has 6 rings (SSSR count). The largest absolute Gasteiger partial charge is 0.437 e. The number of aryl methyl sites for hydroxylation is 3. The predicted molar refractivity (Wildman–Crippen MR) is 161 cm³/mol. The monoisotopic (exact) mass is 578 g/mol. The highest BCUT2D eigenvalue weighted by molar-refractivity contribution is 7.17. The van der Waals surface area contributed by atoms with Gasteiger partial charge in [0.15, 0.2) is 5.69 Å². The zero-order valence-corrected chi connectivity index (χ0v) is 24.5. The van der Waals surface area contributed by atoms with E-state index in [-0.39, 0.29) is 11.9 Å². The number of ether oxygens (including phenoxy) is 1. The molecule has 10 nitrogen and oxygen atoms in total. The lowest BCUT2D eigenvalue weighted by molar-refractivity contribution is 0.0712. The van der Waals surface area contributed by atoms with Crippen molar-refractivity contribution in [3.05, 3.63) is 87.6 Å². The smallest absolute Gasteiger partial charge is 0.276 e. The number of hydrogen-bond donors (Lipinski definition) is 1. The predicted octanol–water partition coefficient (Wildman–Crippen LogP) is 5.64. The summed E-state index contributed by atoms with van der Waals surface area (Å²) >= 11 is 1.52. The summed E-state index contributed by atoms with van der Waals surface area (Å²) in [5.41, 5.74) is 5.82. The van der Waals surface area contributed by atoms with Crippen molar-refractivity contribution >= 4 is 33.4 Å². The Bertz CT molecular complexity index is 1790. The standard InChI is InChI=1S/C31H30N8O2S/c1-19-6-4-5-7-23(19)17-39-18-26(36-37-39)30(40)38-11-8-24(9-12-38)33-31-34-25-10-13-42-28(25)29(35-31)41-27-20(2)14-22(16-32)15-21(27)3/h4-7,10,13-15,18,24H,8-9,11-12,17H2,1-3H3,(H,33,34,35). The van der Waals surface area contributed by atoms with E-state index in [1.807, 2.05) is 54.5 Å². The number of anilines is 1. The van der Waals surface area contributed by atoms with Gasteiger partial charge in [0.1, 0.15) is 10.4 Å². The van der Waals surface area contributed by atoms with Gasteiger partial charge < -0.3 is 15.0 Å². The number of likely N-dealkylation sites (tertiary alicyclic amines) is 1. The molecule has 5 aromatic rings. The third kappa shape index (κ3) is 5.66. The maximum absolute atomic E-state index is 13.2. The van der Waals surface area contributed by atoms with Gasteiger partial charge in [0.25, 0.3) is 5.91 Å². The van der Waals surface area contributed by atoms with E-state index < -0.39 is 0 Å². The molecule has 11 heteroatoms. The van der Waals surface area contributed by atoms with Crippen LogP contribution < -0.4 is 10.1 Å². The minimum absolute atomic E-state index is 0.105. The topological polar surface area (TPSA) is 122 Å². The van der Waals surface area contributed by atoms with E-state index in [4.69, 9.17) is 14.7 Å². The van der Waals surface area contributed by atoms with Crippen LogP contribution in [-0.2, 0) is 6.54 Å². The molecule has 42 heavy (non-hydrogen) atoms. The van der Waals surface area contributed by atoms with Crippen LogP contribution in [0.5, 0.6) is 11.6 Å². The highest BCUT2D eigenvalue weighted by atomic mass is 32.1. The molecule has 1 fully saturated rings. The Hall–Kier alpha value is -4.82. The normalized spacial score (nSPS) is 13.7. The third-order valence-corrected chi connectivity index (χ3v) is 8.42. The van der Waals surface area contributed by atoms with Crippen molar-refractivity contribution in [1.29, 1.82) is 5.26 Å². The van der Waals surface area contributed by atoms with Crippen LogP contribution in [0.25, 0.3) is 10.2 Å². The maximum atomic E-state index is 13.2. The van der Waals surface area contributed by atoms with E-state index in [9.17, 15) is 10.1 Å². The zero-order valence-electron chi connectivity index (χ0n) is 23.7. The van der Waals surface area contributed by atoms with Crippen LogP contribution in [0.15, 0.2) is 54.0 Å². The van der Waals surface area contributed by atoms with Crippen LogP contribution in [-0.4, -0.2) is 54.9 Å². The number of rotatable bonds is 7. The fourth-order valence-electron chi connectivity index (χ4n) is 5.25. The minimum Gasteiger partial charge on any atom is -0.437 e. The first-order valence-electron chi connectivity index (χ1n) is 13.8. The molecule has 0 aliphatic carbocycles. The summed E-state index contributed by atoms with van der Waals surface area (Å²) < 4.78 is 8.90. The Kier molecular flexibility index (Phi) is 7.54. The summed E-state index contributed by atoms with van der Waals surface area (Å²) in [5.74, 6) is 1.55. The van der Waals surface area contributed by atoms with E-state index in [2.05, 4.69) is 40.8 Å². The van der Waals surface area contributed by atoms with Crippen molar-refractivity contribution in [2.75, 3.05) is 18.4 Å². The number of carbonyl (C=O) groups is 1. The van der Waals surface area contributed by atoms with Gasteiger partial charge in [-0.1, -0.05) is 29.5 Å². The van der Waals surface area contributed by atoms with Gasteiger partial charge >= 0.3 is 0 Å². The number of fused-ring (bicyclic) bond motifs is 1. The number of piperidine rings is 1. The van der Waals surface area contributed by atoms with Gasteiger partial charge in [0.2, 0.25) is 11.8 Å². The van der Waals surface area contributed by atoms with Crippen molar-refractivity contribution in [2.45, 2.75) is 46.2 Å². The highest BCUT2D eigenvalue weighted by Gasteiger charge is 2.26. The fraction of sp³-hybridized carbons (Fsp3) is 0.290. The second-order valence-electron chi connectivity index (χ2n) is 10.6. The van der Waals surface area contributed by atoms with Crippen molar-refractivity contribution in [1.82, 2.24) is 29.9 Å². The van der Waals surface area contributed by atoms with Crippen molar-refractivity contribution in [2.24, 2.45) is 0 Å². The first-order chi connectivity index (χ1) is 20.4. The van der Waals surface area contributed by atoms with Gasteiger partial charge in [-0.05, 0) is 79.4 Å². The second-order valence-corrected chi connectivity index (χ2v) is 11.5. The SMILES string of the molecule is Cc1ccccc1Cn1cc(C(=O)N2CCC(Nc3nc(Oc4c(C)cc(C#N)cc4C)c4sccc4n3)CC2)nn1. The number of carbonyl (C=O) groups excluding carboxylic acids is 1. The molecular weight excluding hydrogens is 548 g/mol. The average molecular weight is 579 g/mol. The van der Waals surface area contributed by atoms with Crippen LogP contribution >= 0.6 is 11.3 Å². The minimum atomic E-state index is -0.107. The molecule has 2 aromatic carbocycles. The van der Waals surface area contributed by atoms with Crippen LogP contribution in [0.4, 0.5) is 5.95 Å². The number of hydrogen-bond acceptors (Lipinski definition) is 9. The molecule has 0 atom stereocenters. The van der Waals surface area contributed by atoms with E-state index in [0.717, 1.165) is 39.7 Å². The molecule has 0 radical (unpaired) electrons. The lowest BCUT2D eigenvalue weighted by atomic mass is 10.0. The summed E-state index contributed by atoms with van der Waals surface area (Å²) in [6.45, 7) is 7.67. The Morgan fingerprint density at radius 2 is 1.86 bits per heavy atom. The molecule has 212 valence electrons. The third-order valence-electron chi connectivity index (χ3n) is 7.53. The van der Waals surface area contributed by atoms with Gasteiger partial charge in [-0.25, -0.2) is 9.67 Å². The van der Waals surface area contributed by atoms with Crippen molar-refractivity contribution in [3.8, 4) is 17.7 Å². The molecule has 1 aliphatic rings. The molecule has 3 aromatic heterocycles. The first-order valence-corrected chi connectivity index (χ1v) is 14.7. The Morgan fingerprint density at radius 3 is 2.60 bits per heavy atom. The van der Waals surface area contributed by atoms with Gasteiger partial charge in [-0.2, -0.15) is 10.2 Å². The molecule has 1 aliphatic heterocycles. The fourth-order valence-corrected chi connectivity index (χ4v) is 6.01.